The van der Waals surface area contributed by atoms with E-state index >= 15 is 0 Å². The maximum atomic E-state index is 5.68. The Morgan fingerprint density at radius 1 is 1.19 bits per heavy atom. The SMILES string of the molecule is NCc1cccnc1Sc1ccccc1Br. The van der Waals surface area contributed by atoms with Crippen molar-refractivity contribution in [1.29, 1.82) is 0 Å². The molecule has 0 atom stereocenters. The molecule has 0 bridgehead atoms. The molecule has 16 heavy (non-hydrogen) atoms. The third-order valence-corrected chi connectivity index (χ3v) is 4.20. The van der Waals surface area contributed by atoms with Crippen molar-refractivity contribution in [1.82, 2.24) is 4.98 Å². The van der Waals surface area contributed by atoms with Gasteiger partial charge in [-0.25, -0.2) is 4.98 Å². The van der Waals surface area contributed by atoms with Gasteiger partial charge in [0.15, 0.2) is 0 Å². The molecule has 0 spiro atoms. The van der Waals surface area contributed by atoms with E-state index in [1.807, 2.05) is 30.3 Å². The molecule has 1 aromatic heterocycles. The molecule has 2 aromatic rings. The van der Waals surface area contributed by atoms with Gasteiger partial charge in [-0.3, -0.25) is 0 Å². The van der Waals surface area contributed by atoms with Gasteiger partial charge in [-0.1, -0.05) is 30.0 Å². The number of rotatable bonds is 3. The second-order valence-corrected chi connectivity index (χ2v) is 5.09. The highest BCUT2D eigenvalue weighted by Crippen LogP contribution is 2.33. The van der Waals surface area contributed by atoms with Crippen LogP contribution in [0.5, 0.6) is 0 Å². The minimum Gasteiger partial charge on any atom is -0.326 e. The molecule has 0 aliphatic carbocycles. The van der Waals surface area contributed by atoms with E-state index in [4.69, 9.17) is 5.73 Å². The van der Waals surface area contributed by atoms with Crippen LogP contribution in [0.3, 0.4) is 0 Å². The topological polar surface area (TPSA) is 38.9 Å². The fourth-order valence-electron chi connectivity index (χ4n) is 1.30. The van der Waals surface area contributed by atoms with Crippen LogP contribution < -0.4 is 5.73 Å². The van der Waals surface area contributed by atoms with Gasteiger partial charge in [0, 0.05) is 22.1 Å². The number of hydrogen-bond donors (Lipinski definition) is 1. The van der Waals surface area contributed by atoms with Crippen LogP contribution in [0.1, 0.15) is 5.56 Å². The van der Waals surface area contributed by atoms with Crippen molar-refractivity contribution < 1.29 is 0 Å². The molecule has 0 radical (unpaired) electrons. The summed E-state index contributed by atoms with van der Waals surface area (Å²) in [7, 11) is 0. The van der Waals surface area contributed by atoms with Crippen LogP contribution in [0.4, 0.5) is 0 Å². The van der Waals surface area contributed by atoms with Crippen LogP contribution in [0.2, 0.25) is 0 Å². The Labute approximate surface area is 107 Å². The monoisotopic (exact) mass is 294 g/mol. The van der Waals surface area contributed by atoms with Crippen LogP contribution in [-0.4, -0.2) is 4.98 Å². The predicted molar refractivity (Wildman–Crippen MR) is 70.4 cm³/mol. The van der Waals surface area contributed by atoms with Crippen LogP contribution >= 0.6 is 27.7 Å². The highest BCUT2D eigenvalue weighted by molar-refractivity contribution is 9.10. The summed E-state index contributed by atoms with van der Waals surface area (Å²) in [5.74, 6) is 0. The number of nitrogens with two attached hydrogens (primary N) is 1. The lowest BCUT2D eigenvalue weighted by molar-refractivity contribution is 0.963. The molecule has 2 rings (SSSR count). The number of halogens is 1. The largest absolute Gasteiger partial charge is 0.326 e. The maximum Gasteiger partial charge on any atom is 0.105 e. The first-order valence-corrected chi connectivity index (χ1v) is 6.48. The second kappa shape index (κ2) is 5.48. The average molecular weight is 295 g/mol. The highest BCUT2D eigenvalue weighted by Gasteiger charge is 2.06. The summed E-state index contributed by atoms with van der Waals surface area (Å²) in [5, 5.41) is 0.969. The van der Waals surface area contributed by atoms with Crippen LogP contribution in [0.25, 0.3) is 0 Å². The van der Waals surface area contributed by atoms with Crippen molar-refractivity contribution in [3.05, 3.63) is 52.6 Å². The molecule has 0 fully saturated rings. The minimum atomic E-state index is 0.515. The van der Waals surface area contributed by atoms with Crippen molar-refractivity contribution in [2.45, 2.75) is 16.5 Å². The predicted octanol–water partition coefficient (Wildman–Crippen LogP) is 3.45. The van der Waals surface area contributed by atoms with Gasteiger partial charge in [-0.15, -0.1) is 0 Å². The van der Waals surface area contributed by atoms with E-state index in [9.17, 15) is 0 Å². The Bertz CT molecular complexity index is 488. The molecular weight excluding hydrogens is 284 g/mol. The smallest absolute Gasteiger partial charge is 0.105 e. The summed E-state index contributed by atoms with van der Waals surface area (Å²) in [6.45, 7) is 0.515. The molecule has 0 unspecified atom stereocenters. The maximum absolute atomic E-state index is 5.68. The van der Waals surface area contributed by atoms with Gasteiger partial charge in [0.05, 0.1) is 0 Å². The number of pyridine rings is 1. The first-order valence-electron chi connectivity index (χ1n) is 4.87. The number of hydrogen-bond acceptors (Lipinski definition) is 3. The Morgan fingerprint density at radius 2 is 2.00 bits per heavy atom. The summed E-state index contributed by atoms with van der Waals surface area (Å²) in [6, 6.07) is 12.0. The average Bonchev–Trinajstić information content (AvgIpc) is 2.33. The van der Waals surface area contributed by atoms with Gasteiger partial charge >= 0.3 is 0 Å². The third-order valence-electron chi connectivity index (χ3n) is 2.11. The lowest BCUT2D eigenvalue weighted by Crippen LogP contribution is -1.99. The molecule has 0 saturated carbocycles. The summed E-state index contributed by atoms with van der Waals surface area (Å²) >= 11 is 5.15. The van der Waals surface area contributed by atoms with E-state index < -0.39 is 0 Å². The van der Waals surface area contributed by atoms with Crippen molar-refractivity contribution in [3.8, 4) is 0 Å². The number of nitrogens with zero attached hydrogens (tertiary/aromatic N) is 1. The minimum absolute atomic E-state index is 0.515. The fourth-order valence-corrected chi connectivity index (χ4v) is 2.75. The summed E-state index contributed by atoms with van der Waals surface area (Å²) < 4.78 is 1.08. The number of benzene rings is 1. The lowest BCUT2D eigenvalue weighted by Gasteiger charge is -2.06. The standard InChI is InChI=1S/C12H11BrN2S/c13-10-5-1-2-6-11(10)16-12-9(8-14)4-3-7-15-12/h1-7H,8,14H2. The molecule has 1 aromatic carbocycles. The molecular formula is C12H11BrN2S. The summed E-state index contributed by atoms with van der Waals surface area (Å²) in [6.07, 6.45) is 1.79. The van der Waals surface area contributed by atoms with E-state index in [-0.39, 0.29) is 0 Å². The zero-order chi connectivity index (χ0) is 11.4. The molecule has 0 aliphatic rings. The normalized spacial score (nSPS) is 10.4. The molecule has 4 heteroatoms. The van der Waals surface area contributed by atoms with E-state index in [1.165, 1.54) is 0 Å². The molecule has 82 valence electrons. The Morgan fingerprint density at radius 3 is 2.75 bits per heavy atom. The van der Waals surface area contributed by atoms with Gasteiger partial charge in [-0.05, 0) is 39.7 Å². The Hall–Kier alpha value is -0.840. The van der Waals surface area contributed by atoms with E-state index in [0.29, 0.717) is 6.54 Å². The summed E-state index contributed by atoms with van der Waals surface area (Å²) in [5.41, 5.74) is 6.75. The van der Waals surface area contributed by atoms with Crippen molar-refractivity contribution in [3.63, 3.8) is 0 Å². The van der Waals surface area contributed by atoms with Crippen LogP contribution in [-0.2, 0) is 6.54 Å². The summed E-state index contributed by atoms with van der Waals surface area (Å²) in [4.78, 5) is 5.50. The molecule has 0 aliphatic heterocycles. The first-order chi connectivity index (χ1) is 7.81. The molecule has 0 saturated heterocycles. The van der Waals surface area contributed by atoms with Gasteiger partial charge in [-0.2, -0.15) is 0 Å². The van der Waals surface area contributed by atoms with Crippen molar-refractivity contribution in [2.24, 2.45) is 5.73 Å². The molecule has 2 N–H and O–H groups in total. The quantitative estimate of drug-likeness (QED) is 0.942. The molecule has 2 nitrogen and oxygen atoms in total. The van der Waals surface area contributed by atoms with Crippen molar-refractivity contribution in [2.75, 3.05) is 0 Å². The number of aromatic nitrogens is 1. The van der Waals surface area contributed by atoms with Gasteiger partial charge in [0.2, 0.25) is 0 Å². The second-order valence-electron chi connectivity index (χ2n) is 3.20. The zero-order valence-corrected chi connectivity index (χ0v) is 11.0. The molecule has 1 heterocycles. The van der Waals surface area contributed by atoms with Gasteiger partial charge < -0.3 is 5.73 Å². The van der Waals surface area contributed by atoms with Crippen molar-refractivity contribution >= 4 is 27.7 Å². The first kappa shape index (κ1) is 11.6. The van der Waals surface area contributed by atoms with E-state index in [2.05, 4.69) is 27.0 Å². The Kier molecular flexibility index (Phi) is 3.98. The lowest BCUT2D eigenvalue weighted by atomic mass is 10.3. The highest BCUT2D eigenvalue weighted by atomic mass is 79.9. The van der Waals surface area contributed by atoms with E-state index in [0.717, 1.165) is 20.0 Å². The van der Waals surface area contributed by atoms with Gasteiger partial charge in [0.25, 0.3) is 0 Å². The molecule has 0 amide bonds. The van der Waals surface area contributed by atoms with Crippen LogP contribution in [0, 0.1) is 0 Å². The van der Waals surface area contributed by atoms with E-state index in [1.54, 1.807) is 18.0 Å². The Balaban J connectivity index is 2.30. The fraction of sp³-hybridized carbons (Fsp3) is 0.0833. The zero-order valence-electron chi connectivity index (χ0n) is 8.56. The van der Waals surface area contributed by atoms with Crippen LogP contribution in [0.15, 0.2) is 57.0 Å². The third kappa shape index (κ3) is 2.64. The van der Waals surface area contributed by atoms with Gasteiger partial charge in [0.1, 0.15) is 5.03 Å².